The first-order valence-electron chi connectivity index (χ1n) is 8.19. The summed E-state index contributed by atoms with van der Waals surface area (Å²) in [7, 11) is -2.78. The quantitative estimate of drug-likeness (QED) is 0.728. The van der Waals surface area contributed by atoms with Crippen LogP contribution < -0.4 is 0 Å². The minimum absolute atomic E-state index is 0.00557. The zero-order chi connectivity index (χ0) is 20.1. The highest BCUT2D eigenvalue weighted by atomic mass is 32.2. The zero-order valence-corrected chi connectivity index (χ0v) is 15.4. The zero-order valence-electron chi connectivity index (χ0n) is 14.6. The predicted octanol–water partition coefficient (Wildman–Crippen LogP) is 0.767. The fourth-order valence-electron chi connectivity index (χ4n) is 3.26. The van der Waals surface area contributed by atoms with Gasteiger partial charge in [-0.15, -0.1) is 0 Å². The van der Waals surface area contributed by atoms with Crippen molar-refractivity contribution >= 4 is 21.8 Å². The first-order valence-corrected chi connectivity index (χ1v) is 9.63. The van der Waals surface area contributed by atoms with Gasteiger partial charge in [0.05, 0.1) is 10.5 Å². The molecule has 3 rings (SSSR count). The number of amides is 2. The molecule has 0 aliphatic carbocycles. The van der Waals surface area contributed by atoms with E-state index in [1.807, 2.05) is 0 Å². The van der Waals surface area contributed by atoms with Gasteiger partial charge in [-0.25, -0.2) is 8.42 Å². The number of carbonyl (C=O) groups excluding carboxylic acids is 2. The summed E-state index contributed by atoms with van der Waals surface area (Å²) >= 11 is 0. The molecule has 0 aromatic heterocycles. The number of rotatable bonds is 2. The lowest BCUT2D eigenvalue weighted by Gasteiger charge is -2.47. The van der Waals surface area contributed by atoms with Crippen LogP contribution in [0.1, 0.15) is 12.5 Å². The molecule has 0 spiro atoms. The summed E-state index contributed by atoms with van der Waals surface area (Å²) < 4.78 is 65.2. The molecule has 1 aromatic carbocycles. The molecule has 2 saturated heterocycles. The summed E-state index contributed by atoms with van der Waals surface area (Å²) in [4.78, 5) is 26.9. The Labute approximate surface area is 154 Å². The SMILES string of the molecule is C[C@@H]1C(=O)N2CCN(S(=O)(=O)c3cccc(C(F)(F)F)c3)C[C@H]2C(=O)N1C. The first-order chi connectivity index (χ1) is 12.4. The maximum atomic E-state index is 12.9. The lowest BCUT2D eigenvalue weighted by Crippen LogP contribution is -2.69. The Kier molecular flexibility index (Phi) is 4.71. The number of hydrogen-bond donors (Lipinski definition) is 0. The highest BCUT2D eigenvalue weighted by molar-refractivity contribution is 7.89. The molecule has 0 N–H and O–H groups in total. The maximum absolute atomic E-state index is 12.9. The Balaban J connectivity index is 1.90. The number of fused-ring (bicyclic) bond motifs is 1. The van der Waals surface area contributed by atoms with Crippen LogP contribution in [0.25, 0.3) is 0 Å². The third-order valence-corrected chi connectivity index (χ3v) is 6.86. The molecule has 0 unspecified atom stereocenters. The van der Waals surface area contributed by atoms with Gasteiger partial charge in [0.25, 0.3) is 0 Å². The summed E-state index contributed by atoms with van der Waals surface area (Å²) in [6.07, 6.45) is -4.67. The van der Waals surface area contributed by atoms with Gasteiger partial charge in [-0.2, -0.15) is 17.5 Å². The van der Waals surface area contributed by atoms with Gasteiger partial charge in [0.15, 0.2) is 0 Å². The van der Waals surface area contributed by atoms with E-state index >= 15 is 0 Å². The number of benzene rings is 1. The Morgan fingerprint density at radius 2 is 1.78 bits per heavy atom. The molecule has 2 aliphatic rings. The number of piperazine rings is 2. The van der Waals surface area contributed by atoms with Crippen LogP contribution in [0.5, 0.6) is 0 Å². The van der Waals surface area contributed by atoms with Crippen LogP contribution in [-0.4, -0.2) is 73.1 Å². The molecule has 2 aliphatic heterocycles. The van der Waals surface area contributed by atoms with Gasteiger partial charge >= 0.3 is 6.18 Å². The van der Waals surface area contributed by atoms with E-state index in [-0.39, 0.29) is 25.5 Å². The van der Waals surface area contributed by atoms with Crippen LogP contribution in [-0.2, 0) is 25.8 Å². The molecule has 7 nitrogen and oxygen atoms in total. The van der Waals surface area contributed by atoms with Crippen LogP contribution in [0.15, 0.2) is 29.2 Å². The van der Waals surface area contributed by atoms with Crippen molar-refractivity contribution < 1.29 is 31.2 Å². The lowest BCUT2D eigenvalue weighted by atomic mass is 10.0. The van der Waals surface area contributed by atoms with Gasteiger partial charge in [-0.3, -0.25) is 9.59 Å². The molecule has 27 heavy (non-hydrogen) atoms. The highest BCUT2D eigenvalue weighted by Crippen LogP contribution is 2.32. The van der Waals surface area contributed by atoms with Crippen molar-refractivity contribution in [2.45, 2.75) is 30.1 Å². The number of alkyl halides is 3. The van der Waals surface area contributed by atoms with Gasteiger partial charge in [-0.05, 0) is 25.1 Å². The number of halogens is 3. The van der Waals surface area contributed by atoms with E-state index in [4.69, 9.17) is 0 Å². The monoisotopic (exact) mass is 405 g/mol. The van der Waals surface area contributed by atoms with Gasteiger partial charge < -0.3 is 9.80 Å². The van der Waals surface area contributed by atoms with Gasteiger partial charge in [0.1, 0.15) is 12.1 Å². The summed E-state index contributed by atoms with van der Waals surface area (Å²) in [6.45, 7) is 1.21. The average molecular weight is 405 g/mol. The van der Waals surface area contributed by atoms with Crippen molar-refractivity contribution in [3.8, 4) is 0 Å². The normalized spacial score (nSPS) is 24.9. The third-order valence-electron chi connectivity index (χ3n) is 5.00. The largest absolute Gasteiger partial charge is 0.416 e. The predicted molar refractivity (Wildman–Crippen MR) is 87.9 cm³/mol. The van der Waals surface area contributed by atoms with Crippen molar-refractivity contribution in [3.05, 3.63) is 29.8 Å². The second kappa shape index (κ2) is 6.48. The molecule has 1 aromatic rings. The lowest BCUT2D eigenvalue weighted by molar-refractivity contribution is -0.161. The van der Waals surface area contributed by atoms with E-state index in [0.717, 1.165) is 22.5 Å². The van der Waals surface area contributed by atoms with Crippen molar-refractivity contribution in [3.63, 3.8) is 0 Å². The Bertz CT molecular complexity index is 887. The van der Waals surface area contributed by atoms with Gasteiger partial charge in [-0.1, -0.05) is 6.07 Å². The average Bonchev–Trinajstić information content (AvgIpc) is 2.63. The second-order valence-electron chi connectivity index (χ2n) is 6.56. The van der Waals surface area contributed by atoms with Crippen molar-refractivity contribution in [2.24, 2.45) is 0 Å². The molecular weight excluding hydrogens is 387 g/mol. The second-order valence-corrected chi connectivity index (χ2v) is 8.50. The Morgan fingerprint density at radius 3 is 2.41 bits per heavy atom. The minimum atomic E-state index is -4.67. The van der Waals surface area contributed by atoms with Crippen LogP contribution in [0.2, 0.25) is 0 Å². The maximum Gasteiger partial charge on any atom is 0.416 e. The smallest absolute Gasteiger partial charge is 0.332 e. The van der Waals surface area contributed by atoms with E-state index in [2.05, 4.69) is 0 Å². The third kappa shape index (κ3) is 3.29. The summed E-state index contributed by atoms with van der Waals surface area (Å²) in [5.74, 6) is -0.677. The first kappa shape index (κ1) is 19.6. The molecule has 2 atom stereocenters. The molecule has 2 amide bonds. The molecule has 2 fully saturated rings. The molecule has 148 valence electrons. The standard InChI is InChI=1S/C16H18F3N3O4S/c1-10-14(23)22-7-6-21(9-13(22)15(24)20(10)2)27(25,26)12-5-3-4-11(8-12)16(17,18)19/h3-5,8,10,13H,6-7,9H2,1-2H3/t10-,13+/m1/s1. The molecule has 0 saturated carbocycles. The van der Waals surface area contributed by atoms with Crippen molar-refractivity contribution in [1.82, 2.24) is 14.1 Å². The number of hydrogen-bond acceptors (Lipinski definition) is 4. The van der Waals surface area contributed by atoms with E-state index in [1.165, 1.54) is 16.8 Å². The molecule has 0 radical (unpaired) electrons. The summed E-state index contributed by atoms with van der Waals surface area (Å²) in [6, 6.07) is 1.85. The summed E-state index contributed by atoms with van der Waals surface area (Å²) in [5, 5.41) is 0. The van der Waals surface area contributed by atoms with Crippen LogP contribution in [0, 0.1) is 0 Å². The van der Waals surface area contributed by atoms with Crippen LogP contribution in [0.3, 0.4) is 0 Å². The topological polar surface area (TPSA) is 78.0 Å². The fourth-order valence-corrected chi connectivity index (χ4v) is 4.75. The van der Waals surface area contributed by atoms with E-state index in [1.54, 1.807) is 6.92 Å². The Morgan fingerprint density at radius 1 is 1.11 bits per heavy atom. The molecule has 2 heterocycles. The van der Waals surface area contributed by atoms with Crippen molar-refractivity contribution in [2.75, 3.05) is 26.7 Å². The minimum Gasteiger partial charge on any atom is -0.332 e. The van der Waals surface area contributed by atoms with Crippen LogP contribution in [0.4, 0.5) is 13.2 Å². The number of sulfonamides is 1. The number of nitrogens with zero attached hydrogens (tertiary/aromatic N) is 3. The molecular formula is C16H18F3N3O4S. The number of carbonyl (C=O) groups is 2. The molecule has 0 bridgehead atoms. The van der Waals surface area contributed by atoms with Crippen molar-refractivity contribution in [1.29, 1.82) is 0 Å². The summed E-state index contributed by atoms with van der Waals surface area (Å²) in [5.41, 5.74) is -1.07. The van der Waals surface area contributed by atoms with E-state index < -0.39 is 44.6 Å². The fraction of sp³-hybridized carbons (Fsp3) is 0.500. The van der Waals surface area contributed by atoms with E-state index in [0.29, 0.717) is 6.07 Å². The van der Waals surface area contributed by atoms with Gasteiger partial charge in [0, 0.05) is 26.7 Å². The van der Waals surface area contributed by atoms with Gasteiger partial charge in [0.2, 0.25) is 21.8 Å². The molecule has 11 heteroatoms. The highest BCUT2D eigenvalue weighted by Gasteiger charge is 2.47. The van der Waals surface area contributed by atoms with Crippen LogP contribution >= 0.6 is 0 Å². The van der Waals surface area contributed by atoms with E-state index in [9.17, 15) is 31.2 Å². The number of likely N-dealkylation sites (N-methyl/N-ethyl adjacent to an activating group) is 1. The Hall–Kier alpha value is -2.14.